The first-order chi connectivity index (χ1) is 13.4. The van der Waals surface area contributed by atoms with Crippen molar-refractivity contribution in [2.45, 2.75) is 59.2 Å². The van der Waals surface area contributed by atoms with E-state index in [1.165, 1.54) is 0 Å². The van der Waals surface area contributed by atoms with Crippen LogP contribution in [0.4, 0.5) is 0 Å². The van der Waals surface area contributed by atoms with Crippen molar-refractivity contribution in [1.29, 1.82) is 0 Å². The summed E-state index contributed by atoms with van der Waals surface area (Å²) in [5, 5.41) is 4.45. The predicted octanol–water partition coefficient (Wildman–Crippen LogP) is 2.31. The van der Waals surface area contributed by atoms with Gasteiger partial charge in [-0.15, -0.1) is 0 Å². The Balaban J connectivity index is 1.66. The van der Waals surface area contributed by atoms with E-state index in [2.05, 4.69) is 5.10 Å². The van der Waals surface area contributed by atoms with Gasteiger partial charge in [0.15, 0.2) is 0 Å². The molecule has 1 fully saturated rings. The van der Waals surface area contributed by atoms with Crippen LogP contribution >= 0.6 is 0 Å². The fraction of sp³-hybridized carbons (Fsp3) is 0.571. The number of hydrogen-bond acceptors (Lipinski definition) is 4. The first-order valence-electron chi connectivity index (χ1n) is 9.95. The van der Waals surface area contributed by atoms with Crippen LogP contribution in [-0.4, -0.2) is 51.5 Å². The standard InChI is InChI=1S/C21H30N4O3/c1-15-8-11-24(14-18-7-5-12-28-18)21(27)19(15)20(26)23(4)9-6-10-25-17(3)13-16(2)22-25/h8,11,13,18H,5-7,9-10,12,14H2,1-4H3. The molecule has 1 saturated heterocycles. The number of ether oxygens (including phenoxy) is 1. The molecule has 1 aliphatic rings. The second-order valence-electron chi connectivity index (χ2n) is 7.70. The summed E-state index contributed by atoms with van der Waals surface area (Å²) >= 11 is 0. The van der Waals surface area contributed by atoms with Gasteiger partial charge in [0.25, 0.3) is 11.5 Å². The van der Waals surface area contributed by atoms with Crippen molar-refractivity contribution in [2.75, 3.05) is 20.2 Å². The molecule has 0 spiro atoms. The van der Waals surface area contributed by atoms with Crippen molar-refractivity contribution >= 4 is 5.91 Å². The Labute approximate surface area is 165 Å². The zero-order valence-electron chi connectivity index (χ0n) is 17.3. The molecule has 7 nitrogen and oxygen atoms in total. The van der Waals surface area contributed by atoms with E-state index in [9.17, 15) is 9.59 Å². The van der Waals surface area contributed by atoms with E-state index in [1.54, 1.807) is 22.7 Å². The molecule has 0 saturated carbocycles. The highest BCUT2D eigenvalue weighted by Crippen LogP contribution is 2.14. The molecule has 152 valence electrons. The third kappa shape index (κ3) is 4.52. The highest BCUT2D eigenvalue weighted by molar-refractivity contribution is 5.95. The van der Waals surface area contributed by atoms with E-state index >= 15 is 0 Å². The Morgan fingerprint density at radius 2 is 2.14 bits per heavy atom. The third-order valence-corrected chi connectivity index (χ3v) is 5.33. The van der Waals surface area contributed by atoms with Crippen molar-refractivity contribution in [3.63, 3.8) is 0 Å². The smallest absolute Gasteiger partial charge is 0.263 e. The van der Waals surface area contributed by atoms with Crippen LogP contribution in [0.3, 0.4) is 0 Å². The molecule has 0 radical (unpaired) electrons. The zero-order valence-corrected chi connectivity index (χ0v) is 17.3. The van der Waals surface area contributed by atoms with Crippen molar-refractivity contribution < 1.29 is 9.53 Å². The van der Waals surface area contributed by atoms with Gasteiger partial charge < -0.3 is 14.2 Å². The number of aromatic nitrogens is 3. The van der Waals surface area contributed by atoms with Gasteiger partial charge in [0, 0.05) is 38.6 Å². The molecule has 3 rings (SSSR count). The molecule has 28 heavy (non-hydrogen) atoms. The number of amides is 1. The number of rotatable bonds is 7. The largest absolute Gasteiger partial charge is 0.376 e. The first kappa shape index (κ1) is 20.3. The second-order valence-corrected chi connectivity index (χ2v) is 7.70. The van der Waals surface area contributed by atoms with Crippen molar-refractivity contribution in [2.24, 2.45) is 0 Å². The number of nitrogens with zero attached hydrogens (tertiary/aromatic N) is 4. The van der Waals surface area contributed by atoms with Gasteiger partial charge in [-0.25, -0.2) is 0 Å². The van der Waals surface area contributed by atoms with Gasteiger partial charge in [0.05, 0.1) is 18.3 Å². The summed E-state index contributed by atoms with van der Waals surface area (Å²) in [4.78, 5) is 27.5. The summed E-state index contributed by atoms with van der Waals surface area (Å²) in [6, 6.07) is 3.88. The SMILES string of the molecule is Cc1cc(C)n(CCCN(C)C(=O)c2c(C)ccn(CC3CCCO3)c2=O)n1. The van der Waals surface area contributed by atoms with Gasteiger partial charge in [-0.3, -0.25) is 14.3 Å². The quantitative estimate of drug-likeness (QED) is 0.732. The summed E-state index contributed by atoms with van der Waals surface area (Å²) < 4.78 is 9.20. The average Bonchev–Trinajstić information content (AvgIpc) is 3.26. The lowest BCUT2D eigenvalue weighted by Gasteiger charge is -2.19. The molecule has 0 aliphatic carbocycles. The number of aryl methyl sites for hydroxylation is 4. The summed E-state index contributed by atoms with van der Waals surface area (Å²) in [7, 11) is 1.75. The van der Waals surface area contributed by atoms with Crippen LogP contribution in [0.15, 0.2) is 23.1 Å². The van der Waals surface area contributed by atoms with Gasteiger partial charge in [-0.05, 0) is 57.7 Å². The topological polar surface area (TPSA) is 69.4 Å². The van der Waals surface area contributed by atoms with Crippen molar-refractivity contribution in [3.8, 4) is 0 Å². The van der Waals surface area contributed by atoms with Crippen LogP contribution in [0, 0.1) is 20.8 Å². The first-order valence-corrected chi connectivity index (χ1v) is 9.95. The van der Waals surface area contributed by atoms with E-state index in [1.807, 2.05) is 37.6 Å². The molecule has 2 aromatic heterocycles. The average molecular weight is 386 g/mol. The van der Waals surface area contributed by atoms with Crippen LogP contribution in [-0.2, 0) is 17.8 Å². The lowest BCUT2D eigenvalue weighted by atomic mass is 10.1. The Kier molecular flexibility index (Phi) is 6.34. The maximum absolute atomic E-state index is 12.9. The fourth-order valence-electron chi connectivity index (χ4n) is 3.73. The molecule has 1 amide bonds. The highest BCUT2D eigenvalue weighted by Gasteiger charge is 2.22. The molecule has 2 aromatic rings. The predicted molar refractivity (Wildman–Crippen MR) is 108 cm³/mol. The van der Waals surface area contributed by atoms with E-state index < -0.39 is 0 Å². The molecule has 0 N–H and O–H groups in total. The minimum absolute atomic E-state index is 0.0573. The Bertz CT molecular complexity index is 894. The molecular formula is C21H30N4O3. The van der Waals surface area contributed by atoms with Crippen LogP contribution in [0.1, 0.15) is 46.6 Å². The van der Waals surface area contributed by atoms with Crippen molar-refractivity contribution in [1.82, 2.24) is 19.2 Å². The third-order valence-electron chi connectivity index (χ3n) is 5.33. The van der Waals surface area contributed by atoms with Crippen LogP contribution in [0.25, 0.3) is 0 Å². The number of pyridine rings is 1. The summed E-state index contributed by atoms with van der Waals surface area (Å²) in [5.74, 6) is -0.224. The number of carbonyl (C=O) groups excluding carboxylic acids is 1. The Hall–Kier alpha value is -2.41. The van der Waals surface area contributed by atoms with Gasteiger partial charge >= 0.3 is 0 Å². The minimum Gasteiger partial charge on any atom is -0.376 e. The maximum atomic E-state index is 12.9. The highest BCUT2D eigenvalue weighted by atomic mass is 16.5. The van der Waals surface area contributed by atoms with Gasteiger partial charge in [-0.1, -0.05) is 0 Å². The number of hydrogen-bond donors (Lipinski definition) is 0. The summed E-state index contributed by atoms with van der Waals surface area (Å²) in [6.07, 6.45) is 4.58. The van der Waals surface area contributed by atoms with E-state index in [-0.39, 0.29) is 23.1 Å². The zero-order chi connectivity index (χ0) is 20.3. The van der Waals surface area contributed by atoms with Crippen LogP contribution < -0.4 is 5.56 Å². The molecule has 1 aliphatic heterocycles. The maximum Gasteiger partial charge on any atom is 0.263 e. The lowest BCUT2D eigenvalue weighted by molar-refractivity contribution is 0.0784. The minimum atomic E-state index is -0.231. The van der Waals surface area contributed by atoms with Gasteiger partial charge in [0.1, 0.15) is 5.56 Å². The molecule has 3 heterocycles. The van der Waals surface area contributed by atoms with E-state index in [0.29, 0.717) is 18.7 Å². The fourth-order valence-corrected chi connectivity index (χ4v) is 3.73. The Morgan fingerprint density at radius 1 is 1.36 bits per heavy atom. The normalized spacial score (nSPS) is 16.5. The molecule has 1 atom stereocenters. The van der Waals surface area contributed by atoms with E-state index in [4.69, 9.17) is 4.74 Å². The lowest BCUT2D eigenvalue weighted by Crippen LogP contribution is -2.37. The monoisotopic (exact) mass is 386 g/mol. The van der Waals surface area contributed by atoms with Gasteiger partial charge in [-0.2, -0.15) is 5.10 Å². The molecule has 0 bridgehead atoms. The molecule has 0 aromatic carbocycles. The van der Waals surface area contributed by atoms with Crippen LogP contribution in [0.5, 0.6) is 0 Å². The number of carbonyl (C=O) groups is 1. The van der Waals surface area contributed by atoms with Crippen molar-refractivity contribution in [3.05, 3.63) is 51.2 Å². The summed E-state index contributed by atoms with van der Waals surface area (Å²) in [5.41, 5.74) is 2.85. The molecule has 7 heteroatoms. The van der Waals surface area contributed by atoms with E-state index in [0.717, 1.165) is 43.8 Å². The van der Waals surface area contributed by atoms with Gasteiger partial charge in [0.2, 0.25) is 0 Å². The second kappa shape index (κ2) is 8.73. The summed E-state index contributed by atoms with van der Waals surface area (Å²) in [6.45, 7) is 8.37. The Morgan fingerprint density at radius 3 is 2.79 bits per heavy atom. The molecule has 1 unspecified atom stereocenters. The van der Waals surface area contributed by atoms with Crippen LogP contribution in [0.2, 0.25) is 0 Å². The molecular weight excluding hydrogens is 356 g/mol.